The fourth-order valence-corrected chi connectivity index (χ4v) is 3.73. The lowest BCUT2D eigenvalue weighted by molar-refractivity contribution is 0.441. The largest absolute Gasteiger partial charge is 0.322 e. The summed E-state index contributed by atoms with van der Waals surface area (Å²) in [5.74, 6) is 0. The minimum absolute atomic E-state index is 0.499. The summed E-state index contributed by atoms with van der Waals surface area (Å²) in [6.45, 7) is 0.499. The smallest absolute Gasteiger partial charge is 0.195 e. The number of fused-ring (bicyclic) bond motifs is 1. The van der Waals surface area contributed by atoms with Crippen molar-refractivity contribution in [2.45, 2.75) is 6.54 Å². The number of hydrazone groups is 1. The molecular formula is C18H13ClN4S2. The quantitative estimate of drug-likeness (QED) is 0.661. The van der Waals surface area contributed by atoms with E-state index in [1.54, 1.807) is 22.5 Å². The van der Waals surface area contributed by atoms with Crippen LogP contribution in [0.1, 0.15) is 16.8 Å². The molecule has 0 radical (unpaired) electrons. The number of benzene rings is 1. The topological polar surface area (TPSA) is 40.5 Å². The van der Waals surface area contributed by atoms with Crippen LogP contribution in [0.4, 0.5) is 5.00 Å². The summed E-state index contributed by atoms with van der Waals surface area (Å²) < 4.78 is 0. The number of aromatic nitrogens is 1. The first-order valence-corrected chi connectivity index (χ1v) is 9.28. The van der Waals surface area contributed by atoms with Crippen LogP contribution in [0.25, 0.3) is 0 Å². The summed E-state index contributed by atoms with van der Waals surface area (Å²) in [6.07, 6.45) is 1.77. The lowest BCUT2D eigenvalue weighted by Gasteiger charge is -2.18. The van der Waals surface area contributed by atoms with Crippen molar-refractivity contribution in [1.82, 2.24) is 9.99 Å². The molecule has 25 heavy (non-hydrogen) atoms. The molecule has 2 aromatic heterocycles. The number of hydrogen-bond donors (Lipinski definition) is 1. The highest BCUT2D eigenvalue weighted by molar-refractivity contribution is 7.80. The van der Waals surface area contributed by atoms with Gasteiger partial charge in [0.25, 0.3) is 0 Å². The van der Waals surface area contributed by atoms with E-state index in [0.717, 1.165) is 27.5 Å². The van der Waals surface area contributed by atoms with Gasteiger partial charge in [-0.15, -0.1) is 11.3 Å². The molecule has 1 aromatic carbocycles. The summed E-state index contributed by atoms with van der Waals surface area (Å²) in [6, 6.07) is 15.5. The maximum atomic E-state index is 6.03. The summed E-state index contributed by atoms with van der Waals surface area (Å²) >= 11 is 13.2. The zero-order valence-electron chi connectivity index (χ0n) is 13.0. The molecule has 0 aliphatic carbocycles. The molecule has 3 aromatic rings. The first-order valence-electron chi connectivity index (χ1n) is 7.61. The molecule has 1 aliphatic heterocycles. The van der Waals surface area contributed by atoms with Gasteiger partial charge < -0.3 is 5.32 Å². The molecule has 4 nitrogen and oxygen atoms in total. The van der Waals surface area contributed by atoms with Crippen molar-refractivity contribution in [2.75, 3.05) is 5.32 Å². The van der Waals surface area contributed by atoms with Crippen molar-refractivity contribution in [3.63, 3.8) is 0 Å². The molecule has 0 saturated heterocycles. The van der Waals surface area contributed by atoms with E-state index >= 15 is 0 Å². The van der Waals surface area contributed by atoms with Crippen LogP contribution < -0.4 is 5.32 Å². The number of nitrogens with zero attached hydrogens (tertiary/aromatic N) is 3. The van der Waals surface area contributed by atoms with Gasteiger partial charge in [-0.05, 0) is 47.9 Å². The second kappa shape index (κ2) is 6.92. The molecule has 0 unspecified atom stereocenters. The molecule has 7 heteroatoms. The van der Waals surface area contributed by atoms with E-state index in [1.165, 1.54) is 0 Å². The maximum absolute atomic E-state index is 6.03. The lowest BCUT2D eigenvalue weighted by atomic mass is 10.0. The number of halogens is 1. The van der Waals surface area contributed by atoms with E-state index in [9.17, 15) is 0 Å². The highest BCUT2D eigenvalue weighted by atomic mass is 35.5. The van der Waals surface area contributed by atoms with Crippen molar-refractivity contribution in [1.29, 1.82) is 0 Å². The third-order valence-corrected chi connectivity index (χ3v) is 5.15. The second-order valence-electron chi connectivity index (χ2n) is 5.43. The van der Waals surface area contributed by atoms with Gasteiger partial charge in [-0.1, -0.05) is 29.8 Å². The number of nitrogens with one attached hydrogen (secondary N) is 1. The van der Waals surface area contributed by atoms with Gasteiger partial charge in [-0.2, -0.15) is 5.10 Å². The van der Waals surface area contributed by atoms with E-state index in [2.05, 4.69) is 10.3 Å². The predicted octanol–water partition coefficient (Wildman–Crippen LogP) is 4.76. The molecule has 0 spiro atoms. The second-order valence-corrected chi connectivity index (χ2v) is 7.17. The molecule has 0 saturated carbocycles. The Balaban J connectivity index is 1.78. The molecule has 0 atom stereocenters. The van der Waals surface area contributed by atoms with E-state index < -0.39 is 0 Å². The van der Waals surface area contributed by atoms with Gasteiger partial charge in [0.2, 0.25) is 0 Å². The Bertz CT molecular complexity index is 935. The van der Waals surface area contributed by atoms with E-state index in [-0.39, 0.29) is 0 Å². The van der Waals surface area contributed by atoms with Crippen molar-refractivity contribution >= 4 is 51.0 Å². The van der Waals surface area contributed by atoms with Crippen molar-refractivity contribution in [2.24, 2.45) is 5.10 Å². The Hall–Kier alpha value is -2.28. The van der Waals surface area contributed by atoms with E-state index in [4.69, 9.17) is 28.9 Å². The van der Waals surface area contributed by atoms with Gasteiger partial charge in [-0.25, -0.2) is 5.01 Å². The van der Waals surface area contributed by atoms with Gasteiger partial charge in [0.15, 0.2) is 5.11 Å². The average Bonchev–Trinajstić information content (AvgIpc) is 3.03. The van der Waals surface area contributed by atoms with Crippen LogP contribution in [0, 0.1) is 0 Å². The van der Waals surface area contributed by atoms with E-state index in [0.29, 0.717) is 16.7 Å². The van der Waals surface area contributed by atoms with Crippen molar-refractivity contribution < 1.29 is 0 Å². The van der Waals surface area contributed by atoms with Gasteiger partial charge in [0.05, 0.1) is 12.2 Å². The number of anilines is 1. The summed E-state index contributed by atoms with van der Waals surface area (Å²) in [5.41, 5.74) is 3.77. The highest BCUT2D eigenvalue weighted by Crippen LogP contribution is 2.30. The Morgan fingerprint density at radius 3 is 2.72 bits per heavy atom. The first-order chi connectivity index (χ1) is 12.2. The minimum Gasteiger partial charge on any atom is -0.322 e. The molecule has 0 amide bonds. The Morgan fingerprint density at radius 1 is 1.12 bits per heavy atom. The number of thiophene rings is 1. The SMILES string of the molecule is S=C1Nc2sccc2C(c2ccc(Cl)cc2)=NN1Cc1ccccn1. The third kappa shape index (κ3) is 3.42. The molecule has 1 N–H and O–H groups in total. The van der Waals surface area contributed by atoms with Crippen molar-refractivity contribution in [3.05, 3.63) is 82.0 Å². The van der Waals surface area contributed by atoms with Crippen LogP contribution in [0.15, 0.2) is 65.2 Å². The molecule has 0 bridgehead atoms. The average molecular weight is 385 g/mol. The summed E-state index contributed by atoms with van der Waals surface area (Å²) in [5, 5.41) is 14.2. The van der Waals surface area contributed by atoms with Gasteiger partial charge in [-0.3, -0.25) is 4.98 Å². The summed E-state index contributed by atoms with van der Waals surface area (Å²) in [7, 11) is 0. The number of thiocarbonyl (C=S) groups is 1. The van der Waals surface area contributed by atoms with Crippen LogP contribution in [0.2, 0.25) is 5.02 Å². The minimum atomic E-state index is 0.499. The van der Waals surface area contributed by atoms with E-state index in [1.807, 2.05) is 53.9 Å². The molecule has 1 aliphatic rings. The standard InChI is InChI=1S/C18H13ClN4S2/c19-13-6-4-12(5-7-13)16-15-8-10-25-17(15)21-18(24)23(22-16)11-14-3-1-2-9-20-14/h1-10H,11H2,(H,21,24). The van der Waals surface area contributed by atoms with Gasteiger partial charge >= 0.3 is 0 Å². The number of pyridine rings is 1. The molecule has 124 valence electrons. The number of hydrogen-bond acceptors (Lipinski definition) is 4. The molecule has 0 fully saturated rings. The zero-order chi connectivity index (χ0) is 17.2. The predicted molar refractivity (Wildman–Crippen MR) is 107 cm³/mol. The van der Waals surface area contributed by atoms with Crippen LogP contribution in [0.5, 0.6) is 0 Å². The molecule has 4 rings (SSSR count). The van der Waals surface area contributed by atoms with Crippen LogP contribution in [-0.2, 0) is 6.54 Å². The van der Waals surface area contributed by atoms with Crippen molar-refractivity contribution in [3.8, 4) is 0 Å². The van der Waals surface area contributed by atoms with Crippen LogP contribution in [-0.4, -0.2) is 20.8 Å². The third-order valence-electron chi connectivity index (χ3n) is 3.75. The Labute approximate surface area is 159 Å². The monoisotopic (exact) mass is 384 g/mol. The summed E-state index contributed by atoms with van der Waals surface area (Å²) in [4.78, 5) is 4.37. The van der Waals surface area contributed by atoms with Gasteiger partial charge in [0.1, 0.15) is 10.7 Å². The van der Waals surface area contributed by atoms with Crippen LogP contribution >= 0.6 is 35.2 Å². The highest BCUT2D eigenvalue weighted by Gasteiger charge is 2.22. The Kier molecular flexibility index (Phi) is 4.48. The Morgan fingerprint density at radius 2 is 1.96 bits per heavy atom. The maximum Gasteiger partial charge on any atom is 0.195 e. The number of rotatable bonds is 3. The van der Waals surface area contributed by atoms with Gasteiger partial charge in [0, 0.05) is 22.3 Å². The normalized spacial score (nSPS) is 13.7. The fraction of sp³-hybridized carbons (Fsp3) is 0.0556. The first kappa shape index (κ1) is 16.2. The lowest BCUT2D eigenvalue weighted by Crippen LogP contribution is -2.29. The molecular weight excluding hydrogens is 372 g/mol. The molecule has 3 heterocycles. The fourth-order valence-electron chi connectivity index (χ4n) is 2.55. The van der Waals surface area contributed by atoms with Crippen LogP contribution in [0.3, 0.4) is 0 Å². The zero-order valence-corrected chi connectivity index (χ0v) is 15.4.